The number of rotatable bonds is 11. The van der Waals surface area contributed by atoms with E-state index in [1.807, 2.05) is 0 Å². The van der Waals surface area contributed by atoms with Gasteiger partial charge in [-0.15, -0.1) is 0 Å². The van der Waals surface area contributed by atoms with Gasteiger partial charge in [-0.05, 0) is 0 Å². The van der Waals surface area contributed by atoms with Gasteiger partial charge in [-0.1, -0.05) is 0 Å². The Balaban J connectivity index is 1.56. The van der Waals surface area contributed by atoms with Gasteiger partial charge in [-0.25, -0.2) is 0 Å². The summed E-state index contributed by atoms with van der Waals surface area (Å²) in [5, 5.41) is 136. The molecule has 14 N–H and O–H groups in total. The van der Waals surface area contributed by atoms with E-state index in [1.54, 1.807) is 0 Å². The molecule has 0 aromatic carbocycles. The van der Waals surface area contributed by atoms with Crippen LogP contribution in [-0.4, -0.2) is 221 Å². The molecule has 0 aliphatic carbocycles. The van der Waals surface area contributed by atoms with E-state index in [-0.39, 0.29) is 0 Å². The van der Waals surface area contributed by atoms with Crippen molar-refractivity contribution in [3.05, 3.63) is 0 Å². The molecule has 0 saturated carbocycles. The van der Waals surface area contributed by atoms with Crippen molar-refractivity contribution in [2.75, 3.05) is 26.4 Å². The van der Waals surface area contributed by atoms with Crippen LogP contribution in [0.4, 0.5) is 0 Å². The zero-order valence-electron chi connectivity index (χ0n) is 25.5. The molecule has 4 aliphatic heterocycles. The van der Waals surface area contributed by atoms with Gasteiger partial charge in [0.25, 0.3) is 0 Å². The smallest absolute Gasteiger partial charge is 0.217 e. The SMILES string of the molecule is CC(=O)N[C@H]1[C@H](O[C@@H]2[C@H](O)[C@@H](O)[C@H](O[C@H]3[C@H](O)[C@@H](O)[C@H](O)O[C@@H]3CO)O[C@@H]2CO)O[C@H](CO)[C@@H](O)[C@@H]1O[C@@H]1O[C@H](CO)[C@H](O)[C@H](O)[C@H]1O. The van der Waals surface area contributed by atoms with Crippen molar-refractivity contribution < 1.29 is 104 Å². The summed E-state index contributed by atoms with van der Waals surface area (Å²) in [5.41, 5.74) is 0. The van der Waals surface area contributed by atoms with Crippen molar-refractivity contribution in [3.63, 3.8) is 0 Å². The summed E-state index contributed by atoms with van der Waals surface area (Å²) in [4.78, 5) is 12.2. The Kier molecular flexibility index (Phi) is 13.8. The van der Waals surface area contributed by atoms with Gasteiger partial charge in [0.1, 0.15) is 97.6 Å². The van der Waals surface area contributed by atoms with Crippen molar-refractivity contribution in [2.24, 2.45) is 0 Å². The van der Waals surface area contributed by atoms with Crippen LogP contribution in [-0.2, 0) is 38.0 Å². The number of amides is 1. The van der Waals surface area contributed by atoms with Crippen LogP contribution in [0.1, 0.15) is 6.92 Å². The topological polar surface area (TPSA) is 357 Å². The Hall–Kier alpha value is -1.33. The summed E-state index contributed by atoms with van der Waals surface area (Å²) in [5.74, 6) is -0.749. The molecular weight excluding hydrogens is 662 g/mol. The molecule has 0 unspecified atom stereocenters. The molecule has 4 fully saturated rings. The third-order valence-electron chi connectivity index (χ3n) is 8.61. The van der Waals surface area contributed by atoms with Crippen molar-refractivity contribution in [2.45, 2.75) is 130 Å². The Morgan fingerprint density at radius 1 is 0.500 bits per heavy atom. The molecule has 0 spiro atoms. The first-order valence-corrected chi connectivity index (χ1v) is 15.1. The third kappa shape index (κ3) is 8.08. The molecule has 20 atom stereocenters. The average molecular weight is 708 g/mol. The predicted octanol–water partition coefficient (Wildman–Crippen LogP) is -9.61. The predicted molar refractivity (Wildman–Crippen MR) is 145 cm³/mol. The molecule has 48 heavy (non-hydrogen) atoms. The van der Waals surface area contributed by atoms with Gasteiger partial charge in [0, 0.05) is 6.92 Å². The Morgan fingerprint density at radius 2 is 0.917 bits per heavy atom. The fraction of sp³-hybridized carbons (Fsp3) is 0.962. The van der Waals surface area contributed by atoms with Crippen LogP contribution in [0.3, 0.4) is 0 Å². The standard InChI is InChI=1S/C26H45NO21/c1-6(32)27-11-22(48-25-18(39)14(35)12(33)7(2-28)44-25)13(34)8(3-29)43-24(11)46-21-10(5-31)45-26(19(40)16(21)37)47-20-9(4-30)42-23(41)17(38)15(20)36/h7-26,28-31,33-41H,2-5H2,1H3,(H,27,32)/t7-,8-,9-,10-,11-,12+,13-,14+,15-,16-,17-,18-,19-,20-,21+,22-,23-,24+,25+,26+/m1/s1. The maximum atomic E-state index is 12.2. The highest BCUT2D eigenvalue weighted by atomic mass is 16.8. The number of aliphatic hydroxyl groups excluding tert-OH is 13. The molecule has 280 valence electrons. The number of carbonyl (C=O) groups excluding carboxylic acids is 1. The van der Waals surface area contributed by atoms with Gasteiger partial charge >= 0.3 is 0 Å². The van der Waals surface area contributed by atoms with Gasteiger partial charge < -0.3 is 105 Å². The van der Waals surface area contributed by atoms with Crippen LogP contribution >= 0.6 is 0 Å². The van der Waals surface area contributed by atoms with Crippen LogP contribution < -0.4 is 5.32 Å². The highest BCUT2D eigenvalue weighted by molar-refractivity contribution is 5.73. The first-order valence-electron chi connectivity index (χ1n) is 15.1. The Bertz CT molecular complexity index is 1020. The molecule has 0 bridgehead atoms. The minimum absolute atomic E-state index is 0.749. The number of hydrogen-bond donors (Lipinski definition) is 14. The minimum Gasteiger partial charge on any atom is -0.394 e. The molecule has 22 heteroatoms. The van der Waals surface area contributed by atoms with Crippen LogP contribution in [0, 0.1) is 0 Å². The second kappa shape index (κ2) is 16.8. The fourth-order valence-corrected chi connectivity index (χ4v) is 5.95. The number of aliphatic hydroxyl groups is 13. The summed E-state index contributed by atoms with van der Waals surface area (Å²) in [6, 6.07) is -1.57. The highest BCUT2D eigenvalue weighted by Gasteiger charge is 2.55. The van der Waals surface area contributed by atoms with Gasteiger partial charge in [0.15, 0.2) is 25.2 Å². The molecule has 4 rings (SSSR count). The van der Waals surface area contributed by atoms with Crippen LogP contribution in [0.15, 0.2) is 0 Å². The zero-order valence-corrected chi connectivity index (χ0v) is 25.5. The van der Waals surface area contributed by atoms with E-state index in [0.717, 1.165) is 6.92 Å². The maximum Gasteiger partial charge on any atom is 0.217 e. The summed E-state index contributed by atoms with van der Waals surface area (Å²) in [7, 11) is 0. The lowest BCUT2D eigenvalue weighted by atomic mass is 9.94. The van der Waals surface area contributed by atoms with Crippen molar-refractivity contribution in [1.29, 1.82) is 0 Å². The Labute approximate surface area is 272 Å². The number of hydrogen-bond acceptors (Lipinski definition) is 21. The first-order chi connectivity index (χ1) is 22.7. The lowest BCUT2D eigenvalue weighted by Crippen LogP contribution is -2.70. The lowest BCUT2D eigenvalue weighted by Gasteiger charge is -2.50. The average Bonchev–Trinajstić information content (AvgIpc) is 3.06. The van der Waals surface area contributed by atoms with Gasteiger partial charge in [-0.3, -0.25) is 4.79 Å². The second-order valence-corrected chi connectivity index (χ2v) is 11.9. The van der Waals surface area contributed by atoms with E-state index in [4.69, 9.17) is 33.2 Å². The molecule has 0 aromatic rings. The molecule has 4 saturated heterocycles. The van der Waals surface area contributed by atoms with E-state index in [9.17, 15) is 71.2 Å². The second-order valence-electron chi connectivity index (χ2n) is 11.9. The van der Waals surface area contributed by atoms with Crippen molar-refractivity contribution >= 4 is 5.91 Å². The number of nitrogens with one attached hydrogen (secondary N) is 1. The minimum atomic E-state index is -2.03. The first kappa shape index (κ1) is 39.5. The highest BCUT2D eigenvalue weighted by Crippen LogP contribution is 2.34. The molecule has 0 aromatic heterocycles. The molecule has 4 heterocycles. The van der Waals surface area contributed by atoms with E-state index in [2.05, 4.69) is 5.32 Å². The molecule has 4 aliphatic rings. The summed E-state index contributed by atoms with van der Waals surface area (Å²) in [6.45, 7) is -2.37. The summed E-state index contributed by atoms with van der Waals surface area (Å²) >= 11 is 0. The number of ether oxygens (including phenoxy) is 7. The Morgan fingerprint density at radius 3 is 1.46 bits per heavy atom. The largest absolute Gasteiger partial charge is 0.394 e. The van der Waals surface area contributed by atoms with Crippen LogP contribution in [0.5, 0.6) is 0 Å². The normalized spacial score (nSPS) is 50.2. The summed E-state index contributed by atoms with van der Waals surface area (Å²) < 4.78 is 38.7. The van der Waals surface area contributed by atoms with E-state index >= 15 is 0 Å². The van der Waals surface area contributed by atoms with Crippen molar-refractivity contribution in [1.82, 2.24) is 5.32 Å². The van der Waals surface area contributed by atoms with Gasteiger partial charge in [-0.2, -0.15) is 0 Å². The number of carbonyl (C=O) groups is 1. The molecular formula is C26H45NO21. The molecule has 22 nitrogen and oxygen atoms in total. The third-order valence-corrected chi connectivity index (χ3v) is 8.61. The molecule has 1 amide bonds. The van der Waals surface area contributed by atoms with Gasteiger partial charge in [0.2, 0.25) is 5.91 Å². The van der Waals surface area contributed by atoms with E-state index < -0.39 is 155 Å². The van der Waals surface area contributed by atoms with Crippen LogP contribution in [0.25, 0.3) is 0 Å². The van der Waals surface area contributed by atoms with Crippen LogP contribution in [0.2, 0.25) is 0 Å². The van der Waals surface area contributed by atoms with E-state index in [0.29, 0.717) is 0 Å². The van der Waals surface area contributed by atoms with Crippen molar-refractivity contribution in [3.8, 4) is 0 Å². The van der Waals surface area contributed by atoms with E-state index in [1.165, 1.54) is 0 Å². The van der Waals surface area contributed by atoms with Gasteiger partial charge in [0.05, 0.1) is 26.4 Å². The lowest BCUT2D eigenvalue weighted by molar-refractivity contribution is -0.378. The maximum absolute atomic E-state index is 12.2. The monoisotopic (exact) mass is 707 g/mol. The fourth-order valence-electron chi connectivity index (χ4n) is 5.95. The quantitative estimate of drug-likeness (QED) is 0.0947. The molecule has 0 radical (unpaired) electrons. The zero-order chi connectivity index (χ0) is 35.6. The summed E-state index contributed by atoms with van der Waals surface area (Å²) in [6.07, 6.45) is -33.5.